The molecule has 6 N–H and O–H groups in total. The van der Waals surface area contributed by atoms with Crippen LogP contribution in [-0.4, -0.2) is 110 Å². The summed E-state index contributed by atoms with van der Waals surface area (Å²) < 4.78 is 0. The zero-order chi connectivity index (χ0) is 60.9. The normalized spacial score (nSPS) is 13.1. The second kappa shape index (κ2) is 63.0. The standard InChI is InChI=1S/C74H148N6O4/c1-6-10-14-18-22-26-30-33-37-41-45-49-57-75-59-51-54-62-79(61-53-47-43-39-35-32-28-24-20-16-12-8-3)66-69(81)64-77-71-72(74(84)73(71)83)78-65-70(82)67-80(68(5)56-48-44-40-36-29-25-21-17-13-9-4)63-55-52-60-76-58-50-46-42-38-34-31-27-23-19-15-11-7-2/h68-70,75-78,81-82H,6-67H2,1-5H3. The zero-order valence-corrected chi connectivity index (χ0v) is 57.2. The lowest BCUT2D eigenvalue weighted by Crippen LogP contribution is -2.44. The predicted molar refractivity (Wildman–Crippen MR) is 372 cm³/mol. The summed E-state index contributed by atoms with van der Waals surface area (Å²) in [5.74, 6) is 0. The predicted octanol–water partition coefficient (Wildman–Crippen LogP) is 19.0. The fraction of sp³-hybridized carbons (Fsp3) is 0.946. The van der Waals surface area contributed by atoms with Crippen LogP contribution in [0, 0.1) is 0 Å². The van der Waals surface area contributed by atoms with Crippen molar-refractivity contribution in [3.8, 4) is 0 Å². The molecule has 1 aromatic rings. The van der Waals surface area contributed by atoms with Crippen LogP contribution in [0.5, 0.6) is 0 Å². The van der Waals surface area contributed by atoms with Gasteiger partial charge in [0.1, 0.15) is 11.4 Å². The first-order valence-electron chi connectivity index (χ1n) is 37.8. The third-order valence-electron chi connectivity index (χ3n) is 18.3. The van der Waals surface area contributed by atoms with Gasteiger partial charge in [0, 0.05) is 32.2 Å². The molecule has 0 saturated heterocycles. The summed E-state index contributed by atoms with van der Waals surface area (Å²) in [5.41, 5.74) is -0.579. The maximum Gasteiger partial charge on any atom is 0.253 e. The zero-order valence-electron chi connectivity index (χ0n) is 57.2. The number of nitrogens with one attached hydrogen (secondary N) is 4. The second-order valence-corrected chi connectivity index (χ2v) is 26.7. The maximum atomic E-state index is 12.9. The van der Waals surface area contributed by atoms with Gasteiger partial charge in [0.15, 0.2) is 0 Å². The molecule has 10 nitrogen and oxygen atoms in total. The van der Waals surface area contributed by atoms with Gasteiger partial charge < -0.3 is 36.4 Å². The first kappa shape index (κ1) is 80.5. The Morgan fingerprint density at radius 2 is 0.571 bits per heavy atom. The molecule has 0 bridgehead atoms. The highest BCUT2D eigenvalue weighted by Gasteiger charge is 2.24. The van der Waals surface area contributed by atoms with E-state index in [0.29, 0.717) is 19.1 Å². The fourth-order valence-corrected chi connectivity index (χ4v) is 12.5. The lowest BCUT2D eigenvalue weighted by atomic mass is 10.0. The quantitative estimate of drug-likeness (QED) is 0.0277. The third-order valence-corrected chi connectivity index (χ3v) is 18.3. The molecule has 0 heterocycles. The van der Waals surface area contributed by atoms with E-state index in [1.54, 1.807) is 0 Å². The van der Waals surface area contributed by atoms with Gasteiger partial charge in [-0.3, -0.25) is 14.5 Å². The van der Waals surface area contributed by atoms with Gasteiger partial charge in [-0.25, -0.2) is 0 Å². The highest BCUT2D eigenvalue weighted by molar-refractivity contribution is 5.74. The maximum absolute atomic E-state index is 12.9. The van der Waals surface area contributed by atoms with Crippen LogP contribution >= 0.6 is 0 Å². The van der Waals surface area contributed by atoms with E-state index in [4.69, 9.17) is 0 Å². The average molecular weight is 1190 g/mol. The Morgan fingerprint density at radius 1 is 0.321 bits per heavy atom. The molecule has 0 radical (unpaired) electrons. The minimum Gasteiger partial charge on any atom is -0.390 e. The number of aliphatic hydroxyl groups is 2. The summed E-state index contributed by atoms with van der Waals surface area (Å²) in [4.78, 5) is 30.8. The molecule has 0 spiro atoms. The largest absolute Gasteiger partial charge is 0.390 e. The molecule has 498 valence electrons. The van der Waals surface area contributed by atoms with E-state index in [-0.39, 0.29) is 24.5 Å². The van der Waals surface area contributed by atoms with Gasteiger partial charge in [-0.05, 0) is 104 Å². The lowest BCUT2D eigenvalue weighted by Gasteiger charge is -2.31. The van der Waals surface area contributed by atoms with Crippen molar-refractivity contribution in [1.29, 1.82) is 0 Å². The van der Waals surface area contributed by atoms with Crippen LogP contribution in [-0.2, 0) is 0 Å². The van der Waals surface area contributed by atoms with Crippen molar-refractivity contribution in [2.45, 2.75) is 380 Å². The van der Waals surface area contributed by atoms with Crippen molar-refractivity contribution in [2.24, 2.45) is 0 Å². The molecule has 0 aliphatic rings. The van der Waals surface area contributed by atoms with Gasteiger partial charge in [0.2, 0.25) is 0 Å². The Balaban J connectivity index is 2.65. The molecule has 1 rings (SSSR count). The highest BCUT2D eigenvalue weighted by atomic mass is 16.3. The van der Waals surface area contributed by atoms with E-state index in [0.717, 1.165) is 84.3 Å². The molecule has 0 fully saturated rings. The Kier molecular flexibility index (Phi) is 60.4. The molecule has 0 aliphatic carbocycles. The van der Waals surface area contributed by atoms with E-state index in [9.17, 15) is 19.8 Å². The van der Waals surface area contributed by atoms with Gasteiger partial charge in [-0.1, -0.05) is 304 Å². The van der Waals surface area contributed by atoms with Crippen molar-refractivity contribution in [3.05, 3.63) is 20.4 Å². The van der Waals surface area contributed by atoms with Crippen molar-refractivity contribution in [2.75, 3.05) is 82.6 Å². The van der Waals surface area contributed by atoms with Gasteiger partial charge in [-0.2, -0.15) is 0 Å². The Morgan fingerprint density at radius 3 is 0.905 bits per heavy atom. The summed E-state index contributed by atoms with van der Waals surface area (Å²) >= 11 is 0. The summed E-state index contributed by atoms with van der Waals surface area (Å²) in [6.07, 6.45) is 66.4. The number of anilines is 2. The average Bonchev–Trinajstić information content (AvgIpc) is 1.96. The lowest BCUT2D eigenvalue weighted by molar-refractivity contribution is 0.0936. The molecule has 1 aromatic carbocycles. The first-order valence-corrected chi connectivity index (χ1v) is 37.8. The Bertz CT molecular complexity index is 1540. The van der Waals surface area contributed by atoms with Gasteiger partial charge in [-0.15, -0.1) is 0 Å². The van der Waals surface area contributed by atoms with Crippen LogP contribution in [0.3, 0.4) is 0 Å². The summed E-state index contributed by atoms with van der Waals surface area (Å²) in [6, 6.07) is 0.359. The van der Waals surface area contributed by atoms with Gasteiger partial charge in [0.25, 0.3) is 10.9 Å². The second-order valence-electron chi connectivity index (χ2n) is 26.7. The van der Waals surface area contributed by atoms with Crippen LogP contribution in [0.4, 0.5) is 11.4 Å². The molecular weight excluding hydrogens is 1040 g/mol. The molecule has 3 unspecified atom stereocenters. The molecule has 0 aromatic heterocycles. The van der Waals surface area contributed by atoms with Crippen LogP contribution in [0.15, 0.2) is 9.59 Å². The Labute approximate surface area is 523 Å². The van der Waals surface area contributed by atoms with Crippen LogP contribution in [0.1, 0.15) is 362 Å². The summed E-state index contributed by atoms with van der Waals surface area (Å²) in [6.45, 7) is 20.1. The third kappa shape index (κ3) is 50.3. The number of rotatable bonds is 71. The number of unbranched alkanes of at least 4 members (excludes halogenated alkanes) is 44. The highest BCUT2D eigenvalue weighted by Crippen LogP contribution is 2.20. The summed E-state index contributed by atoms with van der Waals surface area (Å²) in [7, 11) is 0. The van der Waals surface area contributed by atoms with Gasteiger partial charge >= 0.3 is 0 Å². The Hall–Kier alpha value is -1.56. The van der Waals surface area contributed by atoms with Gasteiger partial charge in [0.05, 0.1) is 12.2 Å². The van der Waals surface area contributed by atoms with E-state index in [1.807, 2.05) is 0 Å². The number of hydrogen-bond acceptors (Lipinski definition) is 10. The molecule has 0 amide bonds. The smallest absolute Gasteiger partial charge is 0.253 e. The minimum absolute atomic E-state index is 0.200. The molecule has 3 atom stereocenters. The molecule has 0 aliphatic heterocycles. The first-order chi connectivity index (χ1) is 41.3. The van der Waals surface area contributed by atoms with E-state index >= 15 is 0 Å². The van der Waals surface area contributed by atoms with Crippen LogP contribution < -0.4 is 32.1 Å². The van der Waals surface area contributed by atoms with Crippen molar-refractivity contribution in [3.63, 3.8) is 0 Å². The van der Waals surface area contributed by atoms with Crippen LogP contribution in [0.25, 0.3) is 0 Å². The molecule has 0 saturated carbocycles. The van der Waals surface area contributed by atoms with Crippen molar-refractivity contribution < 1.29 is 10.2 Å². The molecule has 10 heteroatoms. The van der Waals surface area contributed by atoms with E-state index < -0.39 is 23.1 Å². The van der Waals surface area contributed by atoms with Crippen molar-refractivity contribution >= 4 is 11.4 Å². The fourth-order valence-electron chi connectivity index (χ4n) is 12.5. The number of nitrogens with zero attached hydrogens (tertiary/aromatic N) is 2. The number of hydrogen-bond donors (Lipinski definition) is 6. The van der Waals surface area contributed by atoms with Crippen molar-refractivity contribution in [1.82, 2.24) is 20.4 Å². The summed E-state index contributed by atoms with van der Waals surface area (Å²) in [5, 5.41) is 36.6. The number of aliphatic hydroxyl groups excluding tert-OH is 2. The SMILES string of the molecule is CCCCCCCCCCCCCCNCCCCN(CCCCCCCCCCCCCC)CC(O)CNc1c(NCC(O)CN(CCCCNCCCCCCCCCCCCCC)C(C)CCCCCCCCCCCC)c(=O)c1=O. The topological polar surface area (TPSA) is 129 Å². The van der Waals surface area contributed by atoms with Crippen LogP contribution in [0.2, 0.25) is 0 Å². The molecule has 84 heavy (non-hydrogen) atoms. The minimum atomic E-state index is -0.689. The van der Waals surface area contributed by atoms with E-state index in [1.165, 1.54) is 289 Å². The molecular formula is C74H148N6O4. The van der Waals surface area contributed by atoms with E-state index in [2.05, 4.69) is 65.7 Å². The monoisotopic (exact) mass is 1190 g/mol.